The van der Waals surface area contributed by atoms with Crippen LogP contribution in [-0.2, 0) is 25.6 Å². The van der Waals surface area contributed by atoms with Crippen molar-refractivity contribution in [3.8, 4) is 0 Å². The largest absolute Gasteiger partial charge is 0.370 e. The Bertz CT molecular complexity index is 1320. The van der Waals surface area contributed by atoms with Gasteiger partial charge in [0.25, 0.3) is 0 Å². The molecule has 14 N–H and O–H groups in total. The molecular formula is C29H47N11O4. The third-order valence-corrected chi connectivity index (χ3v) is 6.88. The van der Waals surface area contributed by atoms with Crippen LogP contribution in [0.1, 0.15) is 52.0 Å². The van der Waals surface area contributed by atoms with Crippen molar-refractivity contribution in [2.45, 2.75) is 71.0 Å². The first-order valence-corrected chi connectivity index (χ1v) is 14.6. The minimum absolute atomic E-state index is 0.155. The molecule has 0 saturated heterocycles. The maximum absolute atomic E-state index is 13.3. The maximum atomic E-state index is 13.3. The molecule has 44 heavy (non-hydrogen) atoms. The first kappa shape index (κ1) is 35.5. The van der Waals surface area contributed by atoms with E-state index in [2.05, 4.69) is 31.6 Å². The number of hydrogen-bond acceptors (Lipinski definition) is 7. The van der Waals surface area contributed by atoms with Crippen LogP contribution in [0.3, 0.4) is 0 Å². The van der Waals surface area contributed by atoms with Crippen LogP contribution in [0.5, 0.6) is 0 Å². The van der Waals surface area contributed by atoms with Gasteiger partial charge in [-0.1, -0.05) is 39.0 Å². The fourth-order valence-corrected chi connectivity index (χ4v) is 4.54. The summed E-state index contributed by atoms with van der Waals surface area (Å²) in [6, 6.07) is 4.92. The number of aromatic amines is 1. The van der Waals surface area contributed by atoms with E-state index >= 15 is 0 Å². The Morgan fingerprint density at radius 1 is 0.864 bits per heavy atom. The number of fused-ring (bicyclic) bond motifs is 1. The van der Waals surface area contributed by atoms with Crippen LogP contribution in [0, 0.1) is 16.2 Å². The van der Waals surface area contributed by atoms with E-state index in [1.54, 1.807) is 20.8 Å². The van der Waals surface area contributed by atoms with Gasteiger partial charge in [-0.05, 0) is 37.3 Å². The maximum Gasteiger partial charge on any atom is 0.243 e. The lowest BCUT2D eigenvalue weighted by Gasteiger charge is -2.26. The lowest BCUT2D eigenvalue weighted by atomic mass is 9.84. The number of carbonyl (C=O) groups is 4. The lowest BCUT2D eigenvalue weighted by Crippen LogP contribution is -2.54. The van der Waals surface area contributed by atoms with Crippen molar-refractivity contribution in [3.63, 3.8) is 0 Å². The molecule has 0 aliphatic carbocycles. The molecule has 3 atom stereocenters. The number of rotatable bonds is 17. The molecule has 0 aliphatic rings. The highest BCUT2D eigenvalue weighted by Crippen LogP contribution is 2.23. The molecular weight excluding hydrogens is 566 g/mol. The van der Waals surface area contributed by atoms with Gasteiger partial charge in [0, 0.05) is 42.0 Å². The molecule has 0 spiro atoms. The molecule has 0 fully saturated rings. The van der Waals surface area contributed by atoms with Gasteiger partial charge in [-0.15, -0.1) is 0 Å². The summed E-state index contributed by atoms with van der Waals surface area (Å²) in [5.41, 5.74) is 17.6. The molecule has 0 radical (unpaired) electrons. The molecule has 242 valence electrons. The number of nitrogens with two attached hydrogens (primary N) is 3. The van der Waals surface area contributed by atoms with E-state index in [1.165, 1.54) is 0 Å². The molecule has 1 aromatic heterocycles. The summed E-state index contributed by atoms with van der Waals surface area (Å²) in [5, 5.41) is 28.7. The fourth-order valence-electron chi connectivity index (χ4n) is 4.54. The molecule has 2 rings (SSSR count). The normalized spacial score (nSPS) is 13.3. The molecule has 0 bridgehead atoms. The van der Waals surface area contributed by atoms with E-state index < -0.39 is 47.8 Å². The lowest BCUT2D eigenvalue weighted by molar-refractivity contribution is -0.133. The van der Waals surface area contributed by atoms with Crippen molar-refractivity contribution >= 4 is 46.3 Å². The summed E-state index contributed by atoms with van der Waals surface area (Å²) in [4.78, 5) is 55.3. The van der Waals surface area contributed by atoms with Crippen LogP contribution in [0.2, 0.25) is 0 Å². The summed E-state index contributed by atoms with van der Waals surface area (Å²) >= 11 is 0. The molecule has 15 nitrogen and oxygen atoms in total. The predicted molar refractivity (Wildman–Crippen MR) is 170 cm³/mol. The van der Waals surface area contributed by atoms with Crippen LogP contribution in [0.4, 0.5) is 0 Å². The molecule has 1 aromatic carbocycles. The monoisotopic (exact) mass is 613 g/mol. The molecule has 2 aromatic rings. The Labute approximate surface area is 257 Å². The first-order chi connectivity index (χ1) is 20.7. The van der Waals surface area contributed by atoms with Crippen LogP contribution < -0.4 is 43.8 Å². The third-order valence-electron chi connectivity index (χ3n) is 6.88. The van der Waals surface area contributed by atoms with E-state index in [4.69, 9.17) is 28.0 Å². The molecule has 1 heterocycles. The van der Waals surface area contributed by atoms with Gasteiger partial charge in [0.05, 0.1) is 18.6 Å². The van der Waals surface area contributed by atoms with Gasteiger partial charge in [-0.3, -0.25) is 30.0 Å². The number of nitrogens with one attached hydrogen (secondary N) is 8. The van der Waals surface area contributed by atoms with Crippen molar-refractivity contribution in [3.05, 3.63) is 36.0 Å². The Morgan fingerprint density at radius 2 is 1.48 bits per heavy atom. The van der Waals surface area contributed by atoms with Crippen molar-refractivity contribution < 1.29 is 19.2 Å². The molecule has 0 aliphatic heterocycles. The quantitative estimate of drug-likeness (QED) is 0.0608. The van der Waals surface area contributed by atoms with E-state index in [1.807, 2.05) is 30.5 Å². The van der Waals surface area contributed by atoms with Gasteiger partial charge in [0.1, 0.15) is 6.04 Å². The standard InChI is InChI=1S/C29H47N11O4/c1-29(2,3)24(42)22(14-17-15-37-20-10-5-4-8-18(17)20)39-23(41)16-38-26(44)21(11-7-13-36-28(33)34)40-25(43)19(30)9-6-12-35-27(31)32/h4-5,8,10,15,19,21-22,37H,6-7,9,11-14,16,30H2,1-3H3,(H,38,44)(H,39,41)(H,40,43)(H4,31,32,35)(H4,33,34,36)/t19-,21-,22-/m0/s1. The average molecular weight is 614 g/mol. The number of guanidine groups is 2. The fraction of sp³-hybridized carbons (Fsp3) is 0.517. The van der Waals surface area contributed by atoms with Crippen molar-refractivity contribution in [1.29, 1.82) is 10.8 Å². The van der Waals surface area contributed by atoms with Gasteiger partial charge in [0.15, 0.2) is 17.7 Å². The highest BCUT2D eigenvalue weighted by atomic mass is 16.2. The second-order valence-corrected chi connectivity index (χ2v) is 11.6. The molecule has 15 heteroatoms. The summed E-state index contributed by atoms with van der Waals surface area (Å²) in [7, 11) is 0. The van der Waals surface area contributed by atoms with Gasteiger partial charge in [-0.2, -0.15) is 0 Å². The third kappa shape index (κ3) is 11.9. The van der Waals surface area contributed by atoms with Gasteiger partial charge in [0.2, 0.25) is 17.7 Å². The van der Waals surface area contributed by atoms with E-state index in [0.717, 1.165) is 16.5 Å². The minimum Gasteiger partial charge on any atom is -0.370 e. The second-order valence-electron chi connectivity index (χ2n) is 11.6. The highest BCUT2D eigenvalue weighted by Gasteiger charge is 2.32. The Hall–Kier alpha value is -4.66. The Kier molecular flexibility index (Phi) is 13.6. The van der Waals surface area contributed by atoms with Crippen molar-refractivity contribution in [2.75, 3.05) is 19.6 Å². The number of benzene rings is 1. The van der Waals surface area contributed by atoms with Gasteiger partial charge < -0.3 is 48.8 Å². The van der Waals surface area contributed by atoms with E-state index in [-0.39, 0.29) is 37.0 Å². The summed E-state index contributed by atoms with van der Waals surface area (Å²) in [5.74, 6) is -2.27. The molecule has 0 saturated carbocycles. The number of H-pyrrole nitrogens is 1. The van der Waals surface area contributed by atoms with Gasteiger partial charge in [-0.25, -0.2) is 0 Å². The smallest absolute Gasteiger partial charge is 0.243 e. The summed E-state index contributed by atoms with van der Waals surface area (Å²) in [6.45, 7) is 5.59. The number of para-hydroxylation sites is 1. The number of aromatic nitrogens is 1. The van der Waals surface area contributed by atoms with Crippen LogP contribution in [-0.4, -0.2) is 78.2 Å². The number of Topliss-reactive ketones (excluding diaryl/α,β-unsaturated/α-hetero) is 1. The SMILES string of the molecule is CC(C)(C)C(=O)[C@H](Cc1c[nH]c2ccccc12)NC(=O)CNC(=O)[C@H](CCCNC(=N)N)NC(=O)[C@@H](N)CCCNC(=N)N. The zero-order chi connectivity index (χ0) is 32.9. The van der Waals surface area contributed by atoms with Crippen molar-refractivity contribution in [1.82, 2.24) is 31.6 Å². The minimum atomic E-state index is -1.01. The summed E-state index contributed by atoms with van der Waals surface area (Å²) < 4.78 is 0. The number of amides is 3. The first-order valence-electron chi connectivity index (χ1n) is 14.6. The highest BCUT2D eigenvalue weighted by molar-refractivity contribution is 5.95. The van der Waals surface area contributed by atoms with Crippen molar-refractivity contribution in [2.24, 2.45) is 22.6 Å². The second kappa shape index (κ2) is 16.8. The average Bonchev–Trinajstić information content (AvgIpc) is 3.36. The van der Waals surface area contributed by atoms with Crippen LogP contribution in [0.15, 0.2) is 30.5 Å². The number of hydrogen-bond donors (Lipinski definition) is 11. The number of ketones is 1. The van der Waals surface area contributed by atoms with E-state index in [0.29, 0.717) is 25.9 Å². The Morgan fingerprint density at radius 3 is 2.09 bits per heavy atom. The van der Waals surface area contributed by atoms with Crippen LogP contribution in [0.25, 0.3) is 10.9 Å². The topological polar surface area (TPSA) is 270 Å². The molecule has 3 amide bonds. The number of carbonyl (C=O) groups excluding carboxylic acids is 4. The molecule has 0 unspecified atom stereocenters. The predicted octanol–water partition coefficient (Wildman–Crippen LogP) is -0.735. The zero-order valence-electron chi connectivity index (χ0n) is 25.6. The van der Waals surface area contributed by atoms with Crippen LogP contribution >= 0.6 is 0 Å². The van der Waals surface area contributed by atoms with Gasteiger partial charge >= 0.3 is 0 Å². The Balaban J connectivity index is 2.04. The zero-order valence-corrected chi connectivity index (χ0v) is 25.6. The van der Waals surface area contributed by atoms with E-state index in [9.17, 15) is 19.2 Å². The summed E-state index contributed by atoms with van der Waals surface area (Å²) in [6.07, 6.45) is 3.41.